The van der Waals surface area contributed by atoms with Crippen LogP contribution in [0.4, 0.5) is 19.0 Å². The summed E-state index contributed by atoms with van der Waals surface area (Å²) in [6.45, 7) is 1.50. The number of hydrogen-bond donors (Lipinski definition) is 2. The van der Waals surface area contributed by atoms with Crippen molar-refractivity contribution >= 4 is 27.8 Å². The van der Waals surface area contributed by atoms with Gasteiger partial charge in [-0.05, 0) is 25.1 Å². The molecule has 2 N–H and O–H groups in total. The van der Waals surface area contributed by atoms with Gasteiger partial charge >= 0.3 is 6.18 Å². The predicted octanol–water partition coefficient (Wildman–Crippen LogP) is 5.01. The highest BCUT2D eigenvalue weighted by Gasteiger charge is 2.33. The van der Waals surface area contributed by atoms with E-state index in [2.05, 4.69) is 36.2 Å². The maximum absolute atomic E-state index is 13.3. The van der Waals surface area contributed by atoms with Crippen LogP contribution in [0, 0.1) is 6.92 Å². The second-order valence-corrected chi connectivity index (χ2v) is 7.39. The van der Waals surface area contributed by atoms with E-state index in [9.17, 15) is 18.3 Å². The van der Waals surface area contributed by atoms with Crippen LogP contribution in [-0.4, -0.2) is 26.3 Å². The summed E-state index contributed by atoms with van der Waals surface area (Å²) in [5.74, 6) is 0.338. The Morgan fingerprint density at radius 1 is 1.00 bits per heavy atom. The first-order valence-electron chi connectivity index (χ1n) is 8.58. The first-order chi connectivity index (χ1) is 13.7. The number of alkyl halides is 3. The Morgan fingerprint density at radius 3 is 2.38 bits per heavy atom. The number of aromatic nitrogens is 3. The standard InChI is InChI=1S/C20H14BrF3N4O/c1-10-7-12(8-15(25-10)20(22,23)24)17-16(11-5-3-2-4-6-11)27-18-14(26-17)9-13(21)19(29)28-18/h2-9,19,29H,1H3,(H,27,28). The average molecular weight is 463 g/mol. The van der Waals surface area contributed by atoms with Gasteiger partial charge in [0.1, 0.15) is 11.4 Å². The number of fused-ring (bicyclic) bond motifs is 1. The van der Waals surface area contributed by atoms with E-state index in [1.54, 1.807) is 36.4 Å². The van der Waals surface area contributed by atoms with Gasteiger partial charge in [-0.3, -0.25) is 0 Å². The third kappa shape index (κ3) is 3.88. The van der Waals surface area contributed by atoms with Gasteiger partial charge in [-0.15, -0.1) is 0 Å². The zero-order valence-corrected chi connectivity index (χ0v) is 16.6. The molecule has 0 radical (unpaired) electrons. The highest BCUT2D eigenvalue weighted by molar-refractivity contribution is 9.11. The minimum absolute atomic E-state index is 0.221. The minimum Gasteiger partial charge on any atom is -0.369 e. The first kappa shape index (κ1) is 19.5. The summed E-state index contributed by atoms with van der Waals surface area (Å²) in [5, 5.41) is 12.8. The molecular weight excluding hydrogens is 449 g/mol. The number of aryl methyl sites for hydroxylation is 1. The van der Waals surface area contributed by atoms with Crippen LogP contribution >= 0.6 is 15.9 Å². The molecule has 148 valence electrons. The molecule has 0 saturated carbocycles. The molecule has 1 aliphatic rings. The molecule has 3 aromatic rings. The topological polar surface area (TPSA) is 70.9 Å². The largest absolute Gasteiger partial charge is 0.433 e. The van der Waals surface area contributed by atoms with Gasteiger partial charge in [0, 0.05) is 21.3 Å². The van der Waals surface area contributed by atoms with Gasteiger partial charge in [-0.25, -0.2) is 15.0 Å². The smallest absolute Gasteiger partial charge is 0.369 e. The van der Waals surface area contributed by atoms with Crippen LogP contribution in [0.2, 0.25) is 0 Å². The van der Waals surface area contributed by atoms with Crippen LogP contribution < -0.4 is 5.32 Å². The summed E-state index contributed by atoms with van der Waals surface area (Å²) in [4.78, 5) is 12.7. The molecule has 9 heteroatoms. The molecular formula is C20H14BrF3N4O. The SMILES string of the molecule is Cc1cc(-c2nc3c(nc2-c2ccccc2)NC(O)C(Br)=C3)cc(C(F)(F)F)n1. The number of hydrogen-bond acceptors (Lipinski definition) is 5. The normalized spacial score (nSPS) is 16.1. The van der Waals surface area contributed by atoms with E-state index in [4.69, 9.17) is 0 Å². The van der Waals surface area contributed by atoms with Crippen molar-refractivity contribution < 1.29 is 18.3 Å². The van der Waals surface area contributed by atoms with E-state index in [1.165, 1.54) is 6.92 Å². The lowest BCUT2D eigenvalue weighted by molar-refractivity contribution is -0.141. The third-order valence-corrected chi connectivity index (χ3v) is 4.96. The Hall–Kier alpha value is -2.78. The molecule has 3 heterocycles. The van der Waals surface area contributed by atoms with Gasteiger partial charge in [0.15, 0.2) is 12.0 Å². The van der Waals surface area contributed by atoms with Crippen LogP contribution in [0.15, 0.2) is 46.9 Å². The van der Waals surface area contributed by atoms with E-state index >= 15 is 0 Å². The number of benzene rings is 1. The molecule has 5 nitrogen and oxygen atoms in total. The summed E-state index contributed by atoms with van der Waals surface area (Å²) in [6.07, 6.45) is -3.98. The van der Waals surface area contributed by atoms with Crippen LogP contribution in [0.5, 0.6) is 0 Å². The summed E-state index contributed by atoms with van der Waals surface area (Å²) in [7, 11) is 0. The fourth-order valence-corrected chi connectivity index (χ4v) is 3.34. The van der Waals surface area contributed by atoms with Gasteiger partial charge in [0.05, 0.1) is 11.4 Å². The Labute approximate surface area is 172 Å². The summed E-state index contributed by atoms with van der Waals surface area (Å²) < 4.78 is 40.4. The molecule has 1 aromatic carbocycles. The van der Waals surface area contributed by atoms with Crippen LogP contribution in [-0.2, 0) is 6.18 Å². The predicted molar refractivity (Wildman–Crippen MR) is 107 cm³/mol. The van der Waals surface area contributed by atoms with Crippen molar-refractivity contribution in [2.75, 3.05) is 5.32 Å². The lowest BCUT2D eigenvalue weighted by Gasteiger charge is -2.22. The van der Waals surface area contributed by atoms with Gasteiger partial charge in [0.2, 0.25) is 0 Å². The van der Waals surface area contributed by atoms with Crippen molar-refractivity contribution in [2.45, 2.75) is 19.3 Å². The summed E-state index contributed by atoms with van der Waals surface area (Å²) in [5.41, 5.74) is 1.27. The molecule has 1 atom stereocenters. The number of pyridine rings is 1. The van der Waals surface area contributed by atoms with Crippen molar-refractivity contribution in [1.29, 1.82) is 0 Å². The van der Waals surface area contributed by atoms with Gasteiger partial charge in [-0.2, -0.15) is 13.2 Å². The Balaban J connectivity index is 1.99. The second-order valence-electron chi connectivity index (χ2n) is 6.48. The average Bonchev–Trinajstić information content (AvgIpc) is 2.67. The number of nitrogens with one attached hydrogen (secondary N) is 1. The lowest BCUT2D eigenvalue weighted by atomic mass is 10.0. The Morgan fingerprint density at radius 2 is 1.69 bits per heavy atom. The number of aliphatic hydroxyl groups is 1. The highest BCUT2D eigenvalue weighted by Crippen LogP contribution is 2.37. The monoisotopic (exact) mass is 462 g/mol. The van der Waals surface area contributed by atoms with Crippen LogP contribution in [0.3, 0.4) is 0 Å². The molecule has 2 aromatic heterocycles. The fraction of sp³-hybridized carbons (Fsp3) is 0.150. The Kier molecular flexibility index (Phi) is 4.87. The first-order valence-corrected chi connectivity index (χ1v) is 9.37. The van der Waals surface area contributed by atoms with E-state index in [0.29, 0.717) is 32.9 Å². The summed E-state index contributed by atoms with van der Waals surface area (Å²) >= 11 is 3.24. The molecule has 0 spiro atoms. The number of nitrogens with zero attached hydrogens (tertiary/aromatic N) is 3. The molecule has 29 heavy (non-hydrogen) atoms. The lowest BCUT2D eigenvalue weighted by Crippen LogP contribution is -2.24. The number of aliphatic hydroxyl groups excluding tert-OH is 1. The number of rotatable bonds is 2. The van der Waals surface area contributed by atoms with E-state index in [1.807, 2.05) is 6.07 Å². The molecule has 1 unspecified atom stereocenters. The van der Waals surface area contributed by atoms with Crippen molar-refractivity contribution in [3.8, 4) is 22.5 Å². The van der Waals surface area contributed by atoms with E-state index in [0.717, 1.165) is 6.07 Å². The minimum atomic E-state index is -4.58. The number of halogens is 4. The molecule has 0 fully saturated rings. The van der Waals surface area contributed by atoms with Gasteiger partial charge < -0.3 is 10.4 Å². The van der Waals surface area contributed by atoms with Gasteiger partial charge in [0.25, 0.3) is 0 Å². The molecule has 1 aliphatic heterocycles. The molecule has 0 bridgehead atoms. The molecule has 4 rings (SSSR count). The van der Waals surface area contributed by atoms with Crippen molar-refractivity contribution in [3.63, 3.8) is 0 Å². The second kappa shape index (κ2) is 7.23. The van der Waals surface area contributed by atoms with Crippen molar-refractivity contribution in [1.82, 2.24) is 15.0 Å². The third-order valence-electron chi connectivity index (χ3n) is 4.30. The maximum atomic E-state index is 13.3. The maximum Gasteiger partial charge on any atom is 0.433 e. The quantitative estimate of drug-likeness (QED) is 0.559. The zero-order valence-electron chi connectivity index (χ0n) is 15.0. The number of anilines is 1. The van der Waals surface area contributed by atoms with E-state index < -0.39 is 18.1 Å². The Bertz CT molecular complexity index is 1120. The van der Waals surface area contributed by atoms with Gasteiger partial charge in [-0.1, -0.05) is 46.3 Å². The zero-order chi connectivity index (χ0) is 20.8. The van der Waals surface area contributed by atoms with Crippen LogP contribution in [0.1, 0.15) is 17.1 Å². The summed E-state index contributed by atoms with van der Waals surface area (Å²) in [6, 6.07) is 11.5. The fourth-order valence-electron chi connectivity index (χ4n) is 3.01. The molecule has 0 aliphatic carbocycles. The highest BCUT2D eigenvalue weighted by atomic mass is 79.9. The molecule has 0 amide bonds. The van der Waals surface area contributed by atoms with Crippen molar-refractivity contribution in [3.05, 3.63) is 64.0 Å². The van der Waals surface area contributed by atoms with E-state index in [-0.39, 0.29) is 11.3 Å². The van der Waals surface area contributed by atoms with Crippen LogP contribution in [0.25, 0.3) is 28.6 Å². The van der Waals surface area contributed by atoms with Crippen molar-refractivity contribution in [2.24, 2.45) is 0 Å². The molecule has 0 saturated heterocycles.